The summed E-state index contributed by atoms with van der Waals surface area (Å²) in [6, 6.07) is 2.42. The third-order valence-electron chi connectivity index (χ3n) is 2.92. The molecule has 0 spiro atoms. The average Bonchev–Trinajstić information content (AvgIpc) is 2.94. The van der Waals surface area contributed by atoms with Crippen LogP contribution in [0.2, 0.25) is 0 Å². The molecule has 2 rings (SSSR count). The molecule has 1 atom stereocenters. The summed E-state index contributed by atoms with van der Waals surface area (Å²) in [7, 11) is 0. The number of aromatic nitrogens is 2. The van der Waals surface area contributed by atoms with Crippen LogP contribution in [0.5, 0.6) is 0 Å². The predicted molar refractivity (Wildman–Crippen MR) is 61.7 cm³/mol. The van der Waals surface area contributed by atoms with Crippen molar-refractivity contribution in [3.8, 4) is 6.07 Å². The molecular formula is C12H18N4. The zero-order valence-electron chi connectivity index (χ0n) is 9.85. The van der Waals surface area contributed by atoms with Crippen LogP contribution in [0, 0.1) is 17.2 Å². The quantitative estimate of drug-likeness (QED) is 0.822. The summed E-state index contributed by atoms with van der Waals surface area (Å²) in [5.74, 6) is 0.788. The molecule has 0 aromatic carbocycles. The largest absolute Gasteiger partial charge is 0.298 e. The predicted octanol–water partition coefficient (Wildman–Crippen LogP) is 2.03. The molecule has 1 fully saturated rings. The minimum Gasteiger partial charge on any atom is -0.298 e. The van der Waals surface area contributed by atoms with Gasteiger partial charge in [0.1, 0.15) is 6.04 Å². The molecule has 0 aliphatic heterocycles. The Labute approximate surface area is 96.3 Å². The summed E-state index contributed by atoms with van der Waals surface area (Å²) >= 11 is 0. The summed E-state index contributed by atoms with van der Waals surface area (Å²) in [5.41, 5.74) is 0.969. The first-order valence-corrected chi connectivity index (χ1v) is 5.87. The number of nitriles is 1. The van der Waals surface area contributed by atoms with Gasteiger partial charge in [0.2, 0.25) is 0 Å². The van der Waals surface area contributed by atoms with E-state index in [0.717, 1.165) is 18.0 Å². The first-order chi connectivity index (χ1) is 7.70. The average molecular weight is 218 g/mol. The molecule has 86 valence electrons. The fraction of sp³-hybridized carbons (Fsp3) is 0.667. The molecule has 16 heavy (non-hydrogen) atoms. The third-order valence-corrected chi connectivity index (χ3v) is 2.92. The molecule has 1 saturated carbocycles. The van der Waals surface area contributed by atoms with E-state index in [4.69, 9.17) is 5.26 Å². The Balaban J connectivity index is 1.98. The number of hydrogen-bond acceptors (Lipinski definition) is 3. The number of rotatable bonds is 5. The van der Waals surface area contributed by atoms with E-state index in [1.54, 1.807) is 6.20 Å². The number of nitrogens with zero attached hydrogens (tertiary/aromatic N) is 3. The van der Waals surface area contributed by atoms with E-state index in [2.05, 4.69) is 30.3 Å². The van der Waals surface area contributed by atoms with Crippen molar-refractivity contribution in [3.63, 3.8) is 0 Å². The Morgan fingerprint density at radius 3 is 2.88 bits per heavy atom. The highest BCUT2D eigenvalue weighted by molar-refractivity contribution is 5.18. The summed E-state index contributed by atoms with van der Waals surface area (Å²) < 4.78 is 1.89. The third kappa shape index (κ3) is 2.61. The molecule has 1 aromatic rings. The van der Waals surface area contributed by atoms with Gasteiger partial charge < -0.3 is 0 Å². The van der Waals surface area contributed by atoms with Gasteiger partial charge in [-0.1, -0.05) is 0 Å². The zero-order valence-corrected chi connectivity index (χ0v) is 9.85. The molecular weight excluding hydrogens is 200 g/mol. The van der Waals surface area contributed by atoms with Crippen LogP contribution in [-0.2, 0) is 0 Å². The Morgan fingerprint density at radius 1 is 1.62 bits per heavy atom. The van der Waals surface area contributed by atoms with Crippen LogP contribution in [-0.4, -0.2) is 16.3 Å². The van der Waals surface area contributed by atoms with Crippen molar-refractivity contribution in [1.29, 1.82) is 5.26 Å². The fourth-order valence-electron chi connectivity index (χ4n) is 1.63. The first kappa shape index (κ1) is 11.2. The van der Waals surface area contributed by atoms with Gasteiger partial charge in [-0.05, 0) is 39.2 Å². The molecule has 0 radical (unpaired) electrons. The fourth-order valence-corrected chi connectivity index (χ4v) is 1.63. The smallest absolute Gasteiger partial charge is 0.124 e. The Kier molecular flexibility index (Phi) is 3.25. The molecule has 4 heteroatoms. The van der Waals surface area contributed by atoms with Crippen molar-refractivity contribution < 1.29 is 0 Å². The van der Waals surface area contributed by atoms with Crippen molar-refractivity contribution in [1.82, 2.24) is 15.1 Å². The highest BCUT2D eigenvalue weighted by Gasteiger charge is 2.23. The van der Waals surface area contributed by atoms with Crippen LogP contribution in [0.15, 0.2) is 12.4 Å². The Morgan fingerprint density at radius 2 is 2.38 bits per heavy atom. The van der Waals surface area contributed by atoms with Gasteiger partial charge in [0.15, 0.2) is 0 Å². The Hall–Kier alpha value is -1.34. The minimum absolute atomic E-state index is 0.215. The van der Waals surface area contributed by atoms with Gasteiger partial charge in [-0.2, -0.15) is 10.4 Å². The monoisotopic (exact) mass is 218 g/mol. The lowest BCUT2D eigenvalue weighted by atomic mass is 10.2. The molecule has 0 bridgehead atoms. The van der Waals surface area contributed by atoms with Crippen LogP contribution in [0.3, 0.4) is 0 Å². The number of hydrogen-bond donors (Lipinski definition) is 1. The van der Waals surface area contributed by atoms with Crippen LogP contribution in [0.25, 0.3) is 0 Å². The molecule has 1 heterocycles. The summed E-state index contributed by atoms with van der Waals surface area (Å²) in [4.78, 5) is 0. The lowest BCUT2D eigenvalue weighted by Gasteiger charge is -2.08. The molecule has 1 aliphatic rings. The van der Waals surface area contributed by atoms with Crippen molar-refractivity contribution in [2.75, 3.05) is 6.54 Å². The molecule has 1 aromatic heterocycles. The molecule has 1 N–H and O–H groups in total. The second-order valence-corrected chi connectivity index (χ2v) is 4.76. The van der Waals surface area contributed by atoms with Gasteiger partial charge in [0, 0.05) is 17.8 Å². The van der Waals surface area contributed by atoms with E-state index in [9.17, 15) is 0 Å². The summed E-state index contributed by atoms with van der Waals surface area (Å²) in [6.07, 6.45) is 6.35. The zero-order chi connectivity index (χ0) is 11.5. The van der Waals surface area contributed by atoms with Crippen LogP contribution >= 0.6 is 0 Å². The summed E-state index contributed by atoms with van der Waals surface area (Å²) in [6.45, 7) is 5.11. The van der Waals surface area contributed by atoms with Gasteiger partial charge in [-0.3, -0.25) is 10.00 Å². The molecule has 0 amide bonds. The normalized spacial score (nSPS) is 17.4. The van der Waals surface area contributed by atoms with Gasteiger partial charge in [0.25, 0.3) is 0 Å². The minimum atomic E-state index is -0.215. The molecule has 1 aliphatic carbocycles. The van der Waals surface area contributed by atoms with E-state index in [-0.39, 0.29) is 6.04 Å². The molecule has 0 saturated heterocycles. The summed E-state index contributed by atoms with van der Waals surface area (Å²) in [5, 5.41) is 16.6. The van der Waals surface area contributed by atoms with E-state index >= 15 is 0 Å². The van der Waals surface area contributed by atoms with Gasteiger partial charge in [0.05, 0.1) is 12.3 Å². The van der Waals surface area contributed by atoms with E-state index in [0.29, 0.717) is 6.04 Å². The van der Waals surface area contributed by atoms with Crippen molar-refractivity contribution in [2.24, 2.45) is 5.92 Å². The van der Waals surface area contributed by atoms with E-state index < -0.39 is 0 Å². The van der Waals surface area contributed by atoms with Crippen molar-refractivity contribution in [2.45, 2.75) is 38.8 Å². The second kappa shape index (κ2) is 4.67. The van der Waals surface area contributed by atoms with Crippen LogP contribution in [0.1, 0.15) is 44.3 Å². The number of nitrogens with one attached hydrogen (secondary N) is 1. The molecule has 4 nitrogen and oxygen atoms in total. The highest BCUT2D eigenvalue weighted by Crippen LogP contribution is 2.28. The standard InChI is InChI=1S/C12H18N4/c1-9(2)16-8-11(7-15-16)12(5-13)14-6-10-3-4-10/h7-10,12,14H,3-4,6H2,1-2H3. The topological polar surface area (TPSA) is 53.6 Å². The maximum atomic E-state index is 9.11. The van der Waals surface area contributed by atoms with Gasteiger partial charge >= 0.3 is 0 Å². The van der Waals surface area contributed by atoms with Gasteiger partial charge in [-0.25, -0.2) is 0 Å². The maximum Gasteiger partial charge on any atom is 0.124 e. The van der Waals surface area contributed by atoms with E-state index in [1.807, 2.05) is 10.9 Å². The highest BCUT2D eigenvalue weighted by atomic mass is 15.3. The Bertz CT molecular complexity index is 384. The van der Waals surface area contributed by atoms with Crippen LogP contribution in [0.4, 0.5) is 0 Å². The van der Waals surface area contributed by atoms with Gasteiger partial charge in [-0.15, -0.1) is 0 Å². The van der Waals surface area contributed by atoms with Crippen molar-refractivity contribution in [3.05, 3.63) is 18.0 Å². The van der Waals surface area contributed by atoms with Crippen LogP contribution < -0.4 is 5.32 Å². The molecule has 1 unspecified atom stereocenters. The SMILES string of the molecule is CC(C)n1cc(C(C#N)NCC2CC2)cn1. The van der Waals surface area contributed by atoms with E-state index in [1.165, 1.54) is 12.8 Å². The van der Waals surface area contributed by atoms with Crippen molar-refractivity contribution >= 4 is 0 Å². The first-order valence-electron chi connectivity index (χ1n) is 5.87. The second-order valence-electron chi connectivity index (χ2n) is 4.76. The lowest BCUT2D eigenvalue weighted by Crippen LogP contribution is -2.22. The maximum absolute atomic E-state index is 9.11. The lowest BCUT2D eigenvalue weighted by molar-refractivity contribution is 0.530.